The molecule has 35 heavy (non-hydrogen) atoms. The molecule has 0 radical (unpaired) electrons. The highest BCUT2D eigenvalue weighted by molar-refractivity contribution is 6.20. The number of ether oxygens (including phenoxy) is 2. The van der Waals surface area contributed by atoms with E-state index in [-0.39, 0.29) is 11.3 Å². The number of pyridine rings is 2. The van der Waals surface area contributed by atoms with Crippen LogP contribution in [-0.2, 0) is 0 Å². The highest BCUT2D eigenvalue weighted by atomic mass is 35.5. The number of hydrogen-bond donors (Lipinski definition) is 3. The minimum Gasteiger partial charge on any atom is -0.494 e. The molecule has 2 aromatic heterocycles. The molecular weight excluding hydrogens is 484 g/mol. The Bertz CT molecular complexity index is 1190. The van der Waals surface area contributed by atoms with E-state index >= 15 is 0 Å². The number of nitrogens with zero attached hydrogens (tertiary/aromatic N) is 3. The number of hydrogen-bond acceptors (Lipinski definition) is 8. The van der Waals surface area contributed by atoms with E-state index in [1.54, 1.807) is 24.5 Å². The molecule has 0 saturated carbocycles. The summed E-state index contributed by atoms with van der Waals surface area (Å²) in [4.78, 5) is 23.4. The van der Waals surface area contributed by atoms with Crippen LogP contribution in [0, 0.1) is 0 Å². The van der Waals surface area contributed by atoms with E-state index in [1.165, 1.54) is 37.6 Å². The molecule has 3 N–H and O–H groups in total. The monoisotopic (exact) mass is 505 g/mol. The van der Waals surface area contributed by atoms with Gasteiger partial charge in [-0.25, -0.2) is 4.98 Å². The topological polar surface area (TPSA) is 109 Å². The highest BCUT2D eigenvalue weighted by Crippen LogP contribution is 2.33. The molecule has 0 unspecified atom stereocenters. The normalized spacial score (nSPS) is 15.6. The number of benzene rings is 1. The number of carbonyl (C=O) groups excluding carboxylic acids is 1. The van der Waals surface area contributed by atoms with Gasteiger partial charge < -0.3 is 30.1 Å². The lowest BCUT2D eigenvalue weighted by molar-refractivity contribution is -0.0964. The van der Waals surface area contributed by atoms with Crippen LogP contribution in [0.1, 0.15) is 16.8 Å². The molecule has 1 aliphatic rings. The van der Waals surface area contributed by atoms with Crippen LogP contribution < -0.4 is 25.0 Å². The van der Waals surface area contributed by atoms with Crippen LogP contribution >= 0.6 is 11.6 Å². The minimum atomic E-state index is -3.83. The van der Waals surface area contributed by atoms with Gasteiger partial charge in [0.25, 0.3) is 5.91 Å². The number of halogens is 3. The average Bonchev–Trinajstić information content (AvgIpc) is 3.25. The molecule has 0 bridgehead atoms. The molecule has 1 saturated heterocycles. The summed E-state index contributed by atoms with van der Waals surface area (Å²) in [6, 6.07) is 8.65. The van der Waals surface area contributed by atoms with Gasteiger partial charge in [0.15, 0.2) is 5.82 Å². The van der Waals surface area contributed by atoms with Crippen LogP contribution in [0.5, 0.6) is 11.5 Å². The van der Waals surface area contributed by atoms with Gasteiger partial charge in [-0.15, -0.1) is 8.78 Å². The molecule has 1 aromatic carbocycles. The molecule has 0 spiro atoms. The van der Waals surface area contributed by atoms with Crippen molar-refractivity contribution in [1.29, 1.82) is 0 Å². The molecule has 1 atom stereocenters. The lowest BCUT2D eigenvalue weighted by Gasteiger charge is -2.22. The Labute approximate surface area is 204 Å². The number of anilines is 4. The Morgan fingerprint density at radius 2 is 2.00 bits per heavy atom. The number of aliphatic hydroxyl groups excluding tert-OH is 1. The van der Waals surface area contributed by atoms with Gasteiger partial charge in [-0.1, -0.05) is 0 Å². The second-order valence-corrected chi connectivity index (χ2v) is 8.15. The predicted molar refractivity (Wildman–Crippen MR) is 127 cm³/mol. The van der Waals surface area contributed by atoms with E-state index in [2.05, 4.69) is 25.3 Å². The molecule has 9 nitrogen and oxygen atoms in total. The summed E-state index contributed by atoms with van der Waals surface area (Å²) in [7, 11) is 1.53. The summed E-state index contributed by atoms with van der Waals surface area (Å²) in [5, 5.41) is 15.9. The summed E-state index contributed by atoms with van der Waals surface area (Å²) in [6.07, 6.45) is 4.74. The quantitative estimate of drug-likeness (QED) is 0.390. The molecular formula is C23H22ClF2N5O4. The molecule has 1 aliphatic heterocycles. The number of nitrogens with one attached hydrogen (secondary N) is 2. The van der Waals surface area contributed by atoms with Gasteiger partial charge >= 0.3 is 5.57 Å². The van der Waals surface area contributed by atoms with Crippen molar-refractivity contribution < 1.29 is 28.2 Å². The number of aromatic nitrogens is 2. The second kappa shape index (κ2) is 10.3. The Morgan fingerprint density at radius 3 is 2.66 bits per heavy atom. The van der Waals surface area contributed by atoms with E-state index < -0.39 is 17.6 Å². The fourth-order valence-corrected chi connectivity index (χ4v) is 3.69. The van der Waals surface area contributed by atoms with Crippen LogP contribution in [0.3, 0.4) is 0 Å². The van der Waals surface area contributed by atoms with Crippen molar-refractivity contribution in [3.05, 3.63) is 60.6 Å². The maximum atomic E-state index is 12.9. The van der Waals surface area contributed by atoms with Crippen molar-refractivity contribution in [3.63, 3.8) is 0 Å². The predicted octanol–water partition coefficient (Wildman–Crippen LogP) is 4.22. The fraction of sp³-hybridized carbons (Fsp3) is 0.261. The van der Waals surface area contributed by atoms with Crippen molar-refractivity contribution in [2.24, 2.45) is 0 Å². The maximum Gasteiger partial charge on any atom is 0.487 e. The second-order valence-electron chi connectivity index (χ2n) is 7.71. The first-order chi connectivity index (χ1) is 16.7. The molecule has 4 rings (SSSR count). The van der Waals surface area contributed by atoms with Crippen LogP contribution in [0.4, 0.5) is 31.7 Å². The van der Waals surface area contributed by atoms with Crippen LogP contribution in [0.2, 0.25) is 0 Å². The summed E-state index contributed by atoms with van der Waals surface area (Å²) in [5.41, 5.74) is -2.14. The first-order valence-electron chi connectivity index (χ1n) is 10.6. The zero-order valence-corrected chi connectivity index (χ0v) is 19.3. The van der Waals surface area contributed by atoms with Crippen molar-refractivity contribution in [3.8, 4) is 11.5 Å². The summed E-state index contributed by atoms with van der Waals surface area (Å²) in [6.45, 7) is 1.02. The average molecular weight is 506 g/mol. The third kappa shape index (κ3) is 6.25. The first kappa shape index (κ1) is 24.4. The SMILES string of the molecule is COc1ccncc1Nc1cc(C(=O)Nc2ccc(OC(F)(F)Cl)cc2)cnc1N1CC[C@@H](O)C1. The van der Waals surface area contributed by atoms with Crippen LogP contribution in [0.15, 0.2) is 55.0 Å². The number of rotatable bonds is 8. The van der Waals surface area contributed by atoms with E-state index in [0.717, 1.165) is 0 Å². The summed E-state index contributed by atoms with van der Waals surface area (Å²) >= 11 is 4.76. The van der Waals surface area contributed by atoms with Crippen LogP contribution in [-0.4, -0.2) is 52.9 Å². The lowest BCUT2D eigenvalue weighted by atomic mass is 10.2. The third-order valence-corrected chi connectivity index (χ3v) is 5.28. The van der Waals surface area contributed by atoms with Crippen molar-refractivity contribution in [1.82, 2.24) is 9.97 Å². The lowest BCUT2D eigenvalue weighted by Crippen LogP contribution is -2.24. The molecule has 0 aliphatic carbocycles. The van der Waals surface area contributed by atoms with Crippen LogP contribution in [0.25, 0.3) is 0 Å². The molecule has 1 amide bonds. The number of β-amino-alcohol motifs (C(OH)–C–C–N with tert-alkyl or cyclic N) is 1. The molecule has 3 aromatic rings. The number of amides is 1. The molecule has 3 heterocycles. The maximum absolute atomic E-state index is 12.9. The van der Waals surface area contributed by atoms with Crippen molar-refractivity contribution in [2.75, 3.05) is 35.7 Å². The van der Waals surface area contributed by atoms with E-state index in [4.69, 9.17) is 16.3 Å². The zero-order valence-electron chi connectivity index (χ0n) is 18.5. The van der Waals surface area contributed by atoms with Gasteiger partial charge in [0.05, 0.1) is 36.3 Å². The van der Waals surface area contributed by atoms with Gasteiger partial charge in [-0.05, 0) is 36.8 Å². The van der Waals surface area contributed by atoms with E-state index in [9.17, 15) is 18.7 Å². The zero-order chi connectivity index (χ0) is 25.0. The highest BCUT2D eigenvalue weighted by Gasteiger charge is 2.27. The van der Waals surface area contributed by atoms with Crippen molar-refractivity contribution in [2.45, 2.75) is 18.1 Å². The number of alkyl halides is 3. The Hall–Kier alpha value is -3.70. The summed E-state index contributed by atoms with van der Waals surface area (Å²) < 4.78 is 35.2. The standard InChI is InChI=1S/C23H22ClF2N5O4/c1-34-20-6-8-27-12-19(20)30-18-10-14(11-28-21(18)31-9-7-16(32)13-31)22(33)29-15-2-4-17(5-3-15)35-23(24,25)26/h2-6,8,10-12,16,30,32H,7,9,13H2,1H3,(H,29,33)/t16-/m1/s1. The Balaban J connectivity index is 1.58. The Morgan fingerprint density at radius 1 is 1.23 bits per heavy atom. The first-order valence-corrected chi connectivity index (χ1v) is 10.9. The molecule has 1 fully saturated rings. The minimum absolute atomic E-state index is 0.154. The fourth-order valence-electron chi connectivity index (χ4n) is 3.60. The van der Waals surface area contributed by atoms with Gasteiger partial charge in [-0.3, -0.25) is 9.78 Å². The Kier molecular flexibility index (Phi) is 7.17. The largest absolute Gasteiger partial charge is 0.494 e. The summed E-state index contributed by atoms with van der Waals surface area (Å²) in [5.74, 6) is 0.487. The van der Waals surface area contributed by atoms with E-state index in [1.807, 2.05) is 4.90 Å². The third-order valence-electron chi connectivity index (χ3n) is 5.21. The van der Waals surface area contributed by atoms with Crippen molar-refractivity contribution >= 4 is 40.4 Å². The van der Waals surface area contributed by atoms with E-state index in [0.29, 0.717) is 48.1 Å². The number of aliphatic hydroxyl groups is 1. The van der Waals surface area contributed by atoms with Gasteiger partial charge in [0.1, 0.15) is 11.5 Å². The number of methoxy groups -OCH3 is 1. The number of carbonyl (C=O) groups is 1. The smallest absolute Gasteiger partial charge is 0.487 e. The molecule has 184 valence electrons. The molecule has 12 heteroatoms. The van der Waals surface area contributed by atoms with Gasteiger partial charge in [-0.2, -0.15) is 0 Å². The van der Waals surface area contributed by atoms with Gasteiger partial charge in [0.2, 0.25) is 0 Å². The van der Waals surface area contributed by atoms with Gasteiger partial charge in [0, 0.05) is 48.8 Å².